The first-order valence-corrected chi connectivity index (χ1v) is 8.44. The van der Waals surface area contributed by atoms with Gasteiger partial charge in [0.15, 0.2) is 5.78 Å². The average Bonchev–Trinajstić information content (AvgIpc) is 2.98. The molecule has 1 N–H and O–H groups in total. The van der Waals surface area contributed by atoms with Crippen LogP contribution in [0.5, 0.6) is 0 Å². The van der Waals surface area contributed by atoms with Crippen molar-refractivity contribution in [2.75, 3.05) is 6.61 Å². The number of hydrogen-bond donors (Lipinski definition) is 1. The molecule has 126 valence electrons. The minimum atomic E-state index is -0.527. The van der Waals surface area contributed by atoms with Crippen LogP contribution in [0, 0.1) is 0 Å². The van der Waals surface area contributed by atoms with Gasteiger partial charge >= 0.3 is 0 Å². The first-order chi connectivity index (χ1) is 11.5. The summed E-state index contributed by atoms with van der Waals surface area (Å²) in [5.74, 6) is 0.00882. The zero-order valence-electron chi connectivity index (χ0n) is 13.6. The number of carbonyl (C=O) groups excluding carboxylic acids is 1. The smallest absolute Gasteiger partial charge is 0.188 e. The summed E-state index contributed by atoms with van der Waals surface area (Å²) < 4.78 is 7.82. The van der Waals surface area contributed by atoms with Gasteiger partial charge in [-0.2, -0.15) is 0 Å². The molecule has 1 aromatic heterocycles. The highest BCUT2D eigenvalue weighted by atomic mass is 35.5. The molecule has 0 bridgehead atoms. The van der Waals surface area contributed by atoms with Gasteiger partial charge in [-0.05, 0) is 37.1 Å². The number of hydrogen-bond acceptors (Lipinski definition) is 5. The SMILES string of the molecule is CC1CC2(CC(c3cn(C)nn3)N1)OCC(=O)c1ccc(Cl)cc12. The fraction of sp³-hybridized carbons (Fsp3) is 0.471. The van der Waals surface area contributed by atoms with Crippen molar-refractivity contribution in [1.29, 1.82) is 0 Å². The van der Waals surface area contributed by atoms with Gasteiger partial charge in [0.1, 0.15) is 6.61 Å². The molecule has 6 nitrogen and oxygen atoms in total. The van der Waals surface area contributed by atoms with Gasteiger partial charge in [-0.25, -0.2) is 0 Å². The Hall–Kier alpha value is -1.76. The molecular formula is C17H19ClN4O2. The Kier molecular flexibility index (Phi) is 3.71. The first kappa shape index (κ1) is 15.7. The number of benzene rings is 1. The molecule has 1 saturated heterocycles. The number of nitrogens with one attached hydrogen (secondary N) is 1. The zero-order valence-corrected chi connectivity index (χ0v) is 14.4. The van der Waals surface area contributed by atoms with Gasteiger partial charge in [0, 0.05) is 36.3 Å². The number of fused-ring (bicyclic) bond motifs is 2. The standard InChI is InChI=1S/C17H19ClN4O2/c1-10-6-17(7-14(19-10)15-8-22(2)21-20-15)13-5-11(18)3-4-12(13)16(23)9-24-17/h3-5,8,10,14,19H,6-7,9H2,1-2H3. The Morgan fingerprint density at radius 2 is 2.25 bits per heavy atom. The number of ketones is 1. The van der Waals surface area contributed by atoms with Gasteiger partial charge in [0.2, 0.25) is 0 Å². The van der Waals surface area contributed by atoms with Crippen molar-refractivity contribution in [2.45, 2.75) is 37.5 Å². The summed E-state index contributed by atoms with van der Waals surface area (Å²) in [5, 5.41) is 12.5. The lowest BCUT2D eigenvalue weighted by Gasteiger charge is -2.46. The van der Waals surface area contributed by atoms with Crippen molar-refractivity contribution in [3.63, 3.8) is 0 Å². The maximum atomic E-state index is 12.2. The van der Waals surface area contributed by atoms with Crippen LogP contribution in [0.15, 0.2) is 24.4 Å². The molecule has 7 heteroatoms. The molecule has 2 aliphatic heterocycles. The Morgan fingerprint density at radius 3 is 3.00 bits per heavy atom. The Balaban J connectivity index is 1.78. The van der Waals surface area contributed by atoms with Crippen LogP contribution in [0.4, 0.5) is 0 Å². The second kappa shape index (κ2) is 5.65. The molecule has 0 radical (unpaired) electrons. The number of piperidine rings is 1. The third-order valence-corrected chi connectivity index (χ3v) is 5.12. The van der Waals surface area contributed by atoms with E-state index in [-0.39, 0.29) is 24.5 Å². The van der Waals surface area contributed by atoms with Gasteiger partial charge in [-0.1, -0.05) is 16.8 Å². The van der Waals surface area contributed by atoms with E-state index < -0.39 is 5.60 Å². The topological polar surface area (TPSA) is 69.0 Å². The lowest BCUT2D eigenvalue weighted by molar-refractivity contribution is -0.0872. The first-order valence-electron chi connectivity index (χ1n) is 8.06. The van der Waals surface area contributed by atoms with Crippen molar-refractivity contribution in [2.24, 2.45) is 7.05 Å². The third-order valence-electron chi connectivity index (χ3n) is 4.89. The maximum Gasteiger partial charge on any atom is 0.188 e. The van der Waals surface area contributed by atoms with E-state index in [1.807, 2.05) is 25.4 Å². The maximum absolute atomic E-state index is 12.2. The summed E-state index contributed by atoms with van der Waals surface area (Å²) in [4.78, 5) is 12.2. The quantitative estimate of drug-likeness (QED) is 0.858. The summed E-state index contributed by atoms with van der Waals surface area (Å²) in [5.41, 5.74) is 1.97. The van der Waals surface area contributed by atoms with E-state index in [1.54, 1.807) is 10.7 Å². The van der Waals surface area contributed by atoms with E-state index in [4.69, 9.17) is 16.3 Å². The molecule has 1 fully saturated rings. The van der Waals surface area contributed by atoms with Crippen LogP contribution < -0.4 is 5.32 Å². The number of aromatic nitrogens is 3. The molecule has 0 saturated carbocycles. The normalized spacial score (nSPS) is 29.7. The van der Waals surface area contributed by atoms with Crippen LogP contribution >= 0.6 is 11.6 Å². The molecule has 0 aliphatic carbocycles. The molecule has 2 aliphatic rings. The van der Waals surface area contributed by atoms with Gasteiger partial charge in [0.25, 0.3) is 0 Å². The van der Waals surface area contributed by atoms with Crippen molar-refractivity contribution >= 4 is 17.4 Å². The summed E-state index contributed by atoms with van der Waals surface area (Å²) in [6.07, 6.45) is 3.39. The lowest BCUT2D eigenvalue weighted by atomic mass is 9.74. The molecular weight excluding hydrogens is 328 g/mol. The Morgan fingerprint density at radius 1 is 1.42 bits per heavy atom. The largest absolute Gasteiger partial charge is 0.362 e. The number of rotatable bonds is 1. The number of ether oxygens (including phenoxy) is 1. The second-order valence-electron chi connectivity index (χ2n) is 6.74. The molecule has 1 aromatic carbocycles. The molecule has 1 spiro atoms. The van der Waals surface area contributed by atoms with E-state index in [9.17, 15) is 4.79 Å². The van der Waals surface area contributed by atoms with Crippen LogP contribution in [0.1, 0.15) is 47.4 Å². The lowest BCUT2D eigenvalue weighted by Crippen LogP contribution is -2.51. The minimum Gasteiger partial charge on any atom is -0.362 e. The highest BCUT2D eigenvalue weighted by Gasteiger charge is 2.47. The van der Waals surface area contributed by atoms with Crippen LogP contribution in [-0.4, -0.2) is 33.4 Å². The summed E-state index contributed by atoms with van der Waals surface area (Å²) in [6, 6.07) is 5.68. The number of nitrogens with zero attached hydrogens (tertiary/aromatic N) is 3. The fourth-order valence-corrected chi connectivity index (χ4v) is 4.09. The summed E-state index contributed by atoms with van der Waals surface area (Å²) in [7, 11) is 1.85. The predicted molar refractivity (Wildman–Crippen MR) is 89.0 cm³/mol. The van der Waals surface area contributed by atoms with E-state index in [2.05, 4.69) is 22.6 Å². The molecule has 3 unspecified atom stereocenters. The van der Waals surface area contributed by atoms with Crippen LogP contribution in [0.3, 0.4) is 0 Å². The third kappa shape index (κ3) is 2.55. The van der Waals surface area contributed by atoms with Crippen molar-refractivity contribution < 1.29 is 9.53 Å². The average molecular weight is 347 g/mol. The van der Waals surface area contributed by atoms with Gasteiger partial charge in [-0.15, -0.1) is 5.10 Å². The van der Waals surface area contributed by atoms with Crippen LogP contribution in [-0.2, 0) is 17.4 Å². The Labute approximate surface area is 145 Å². The Bertz CT molecular complexity index is 806. The fourth-order valence-electron chi connectivity index (χ4n) is 3.92. The van der Waals surface area contributed by atoms with E-state index in [0.29, 0.717) is 11.4 Å². The molecule has 4 rings (SSSR count). The van der Waals surface area contributed by atoms with Crippen LogP contribution in [0.25, 0.3) is 0 Å². The van der Waals surface area contributed by atoms with Crippen molar-refractivity contribution in [1.82, 2.24) is 20.3 Å². The predicted octanol–water partition coefficient (Wildman–Crippen LogP) is 2.39. The molecule has 0 amide bonds. The van der Waals surface area contributed by atoms with E-state index >= 15 is 0 Å². The number of Topliss-reactive ketones (excluding diaryl/α,β-unsaturated/α-hetero) is 1. The molecule has 24 heavy (non-hydrogen) atoms. The van der Waals surface area contributed by atoms with Crippen molar-refractivity contribution in [3.8, 4) is 0 Å². The summed E-state index contributed by atoms with van der Waals surface area (Å²) in [6.45, 7) is 2.23. The van der Waals surface area contributed by atoms with E-state index in [1.165, 1.54) is 0 Å². The van der Waals surface area contributed by atoms with Gasteiger partial charge in [0.05, 0.1) is 17.3 Å². The van der Waals surface area contributed by atoms with E-state index in [0.717, 1.165) is 23.2 Å². The number of halogens is 1. The monoisotopic (exact) mass is 346 g/mol. The minimum absolute atomic E-state index is 0.00882. The summed E-state index contributed by atoms with van der Waals surface area (Å²) >= 11 is 6.21. The molecule has 3 heterocycles. The van der Waals surface area contributed by atoms with Gasteiger partial charge in [-0.3, -0.25) is 9.48 Å². The highest BCUT2D eigenvalue weighted by molar-refractivity contribution is 6.30. The van der Waals surface area contributed by atoms with Crippen molar-refractivity contribution in [3.05, 3.63) is 46.2 Å². The van der Waals surface area contributed by atoms with Gasteiger partial charge < -0.3 is 10.1 Å². The second-order valence-corrected chi connectivity index (χ2v) is 7.18. The molecule has 3 atom stereocenters. The zero-order chi connectivity index (χ0) is 16.9. The van der Waals surface area contributed by atoms with Crippen LogP contribution in [0.2, 0.25) is 5.02 Å². The molecule has 2 aromatic rings. The highest BCUT2D eigenvalue weighted by Crippen LogP contribution is 2.46. The number of aryl methyl sites for hydroxylation is 1. The number of carbonyl (C=O) groups is 1.